The van der Waals surface area contributed by atoms with Crippen LogP contribution in [-0.2, 0) is 9.53 Å². The van der Waals surface area contributed by atoms with Crippen molar-refractivity contribution in [3.63, 3.8) is 0 Å². The highest BCUT2D eigenvalue weighted by atomic mass is 16.6. The first-order chi connectivity index (χ1) is 6.52. The lowest BCUT2D eigenvalue weighted by Crippen LogP contribution is -2.59. The fraction of sp³-hybridized carbons (Fsp3) is 0.700. The average Bonchev–Trinajstić information content (AvgIpc) is 2.77. The van der Waals surface area contributed by atoms with Gasteiger partial charge in [0.25, 0.3) is 0 Å². The van der Waals surface area contributed by atoms with Crippen molar-refractivity contribution >= 4 is 5.78 Å². The van der Waals surface area contributed by atoms with Crippen LogP contribution in [0.15, 0.2) is 12.2 Å². The Morgan fingerprint density at radius 3 is 2.86 bits per heavy atom. The molecule has 1 saturated carbocycles. The van der Waals surface area contributed by atoms with E-state index < -0.39 is 11.2 Å². The van der Waals surface area contributed by atoms with Crippen LogP contribution in [0.1, 0.15) is 19.3 Å². The van der Waals surface area contributed by atoms with Gasteiger partial charge in [0.05, 0.1) is 12.2 Å². The number of ether oxygens (including phenoxy) is 1. The van der Waals surface area contributed by atoms with E-state index in [2.05, 4.69) is 0 Å². The summed E-state index contributed by atoms with van der Waals surface area (Å²) in [6.07, 6.45) is 3.67. The highest BCUT2D eigenvalue weighted by molar-refractivity contribution is 5.92. The van der Waals surface area contributed by atoms with E-state index in [1.807, 2.05) is 0 Å². The van der Waals surface area contributed by atoms with Crippen LogP contribution in [0.5, 0.6) is 0 Å². The second-order valence-corrected chi connectivity index (χ2v) is 4.55. The molecule has 4 atom stereocenters. The van der Waals surface area contributed by atoms with Gasteiger partial charge < -0.3 is 14.9 Å². The quantitative estimate of drug-likeness (QED) is 0.514. The Labute approximate surface area is 81.2 Å². The van der Waals surface area contributed by atoms with Crippen LogP contribution in [0, 0.1) is 0 Å². The van der Waals surface area contributed by atoms with Gasteiger partial charge in [0.15, 0.2) is 5.78 Å². The van der Waals surface area contributed by atoms with Gasteiger partial charge in [-0.05, 0) is 12.2 Å². The molecule has 2 aliphatic carbocycles. The molecular weight excluding hydrogens is 184 g/mol. The van der Waals surface area contributed by atoms with E-state index >= 15 is 0 Å². The summed E-state index contributed by atoms with van der Waals surface area (Å²) in [6, 6.07) is 0. The van der Waals surface area contributed by atoms with Gasteiger partial charge in [0.1, 0.15) is 11.2 Å². The molecule has 0 spiro atoms. The number of aliphatic hydroxyl groups is 2. The maximum Gasteiger partial charge on any atom is 0.158 e. The number of hydrogen-bond acceptors (Lipinski definition) is 4. The predicted molar refractivity (Wildman–Crippen MR) is 46.6 cm³/mol. The third-order valence-corrected chi connectivity index (χ3v) is 3.56. The fourth-order valence-electron chi connectivity index (χ4n) is 2.57. The molecule has 1 saturated heterocycles. The number of rotatable bonds is 0. The SMILES string of the molecule is O=C1C=C[C@]2(O)C[C@@H]3O[C@@H]3C[C@@]2(O)C1. The van der Waals surface area contributed by atoms with E-state index in [4.69, 9.17) is 4.74 Å². The van der Waals surface area contributed by atoms with Crippen molar-refractivity contribution in [3.05, 3.63) is 12.2 Å². The minimum Gasteiger partial charge on any atom is -0.386 e. The molecule has 4 nitrogen and oxygen atoms in total. The standard InChI is InChI=1S/C10H12O4/c11-6-1-2-9(12)4-7-8(14-7)5-10(9,13)3-6/h1-2,7-8,12-13H,3-5H2/t7-,8+,9-,10-/m0/s1. The number of carbonyl (C=O) groups is 1. The zero-order valence-electron chi connectivity index (χ0n) is 7.64. The van der Waals surface area contributed by atoms with Crippen molar-refractivity contribution in [2.75, 3.05) is 0 Å². The Morgan fingerprint density at radius 1 is 1.36 bits per heavy atom. The molecule has 0 aromatic carbocycles. The van der Waals surface area contributed by atoms with Crippen molar-refractivity contribution in [1.82, 2.24) is 0 Å². The number of epoxide rings is 1. The molecule has 3 aliphatic rings. The summed E-state index contributed by atoms with van der Waals surface area (Å²) < 4.78 is 5.27. The summed E-state index contributed by atoms with van der Waals surface area (Å²) >= 11 is 0. The molecule has 1 aliphatic heterocycles. The van der Waals surface area contributed by atoms with E-state index in [0.717, 1.165) is 0 Å². The van der Waals surface area contributed by atoms with Crippen LogP contribution in [0.4, 0.5) is 0 Å². The molecule has 0 radical (unpaired) electrons. The zero-order valence-corrected chi connectivity index (χ0v) is 7.64. The molecule has 0 bridgehead atoms. The maximum absolute atomic E-state index is 11.2. The van der Waals surface area contributed by atoms with Crippen LogP contribution < -0.4 is 0 Å². The second-order valence-electron chi connectivity index (χ2n) is 4.55. The first-order valence-electron chi connectivity index (χ1n) is 4.85. The van der Waals surface area contributed by atoms with Crippen molar-refractivity contribution in [3.8, 4) is 0 Å². The molecule has 0 amide bonds. The fourth-order valence-corrected chi connectivity index (χ4v) is 2.57. The number of carbonyl (C=O) groups excluding carboxylic acids is 1. The lowest BCUT2D eigenvalue weighted by Gasteiger charge is -2.45. The molecule has 76 valence electrons. The van der Waals surface area contributed by atoms with Gasteiger partial charge in [-0.25, -0.2) is 0 Å². The summed E-state index contributed by atoms with van der Waals surface area (Å²) in [4.78, 5) is 11.2. The Balaban J connectivity index is 2.01. The summed E-state index contributed by atoms with van der Waals surface area (Å²) in [7, 11) is 0. The van der Waals surface area contributed by atoms with E-state index in [1.165, 1.54) is 12.2 Å². The molecule has 2 N–H and O–H groups in total. The van der Waals surface area contributed by atoms with Gasteiger partial charge in [-0.1, -0.05) is 0 Å². The molecule has 0 aromatic rings. The minimum absolute atomic E-state index is 0.00653. The van der Waals surface area contributed by atoms with Gasteiger partial charge in [0, 0.05) is 19.3 Å². The van der Waals surface area contributed by atoms with Crippen molar-refractivity contribution < 1.29 is 19.7 Å². The van der Waals surface area contributed by atoms with Crippen LogP contribution >= 0.6 is 0 Å². The molecular formula is C10H12O4. The summed E-state index contributed by atoms with van der Waals surface area (Å²) in [6.45, 7) is 0. The normalized spacial score (nSPS) is 55.1. The Morgan fingerprint density at radius 2 is 2.07 bits per heavy atom. The highest BCUT2D eigenvalue weighted by Gasteiger charge is 2.62. The van der Waals surface area contributed by atoms with Gasteiger partial charge in [-0.3, -0.25) is 4.79 Å². The van der Waals surface area contributed by atoms with Crippen molar-refractivity contribution in [2.24, 2.45) is 0 Å². The molecule has 1 heterocycles. The summed E-state index contributed by atoms with van der Waals surface area (Å²) in [5.41, 5.74) is -2.57. The van der Waals surface area contributed by atoms with Gasteiger partial charge in [-0.2, -0.15) is 0 Å². The van der Waals surface area contributed by atoms with E-state index in [-0.39, 0.29) is 24.4 Å². The Hall–Kier alpha value is -0.710. The van der Waals surface area contributed by atoms with Crippen LogP contribution in [0.3, 0.4) is 0 Å². The van der Waals surface area contributed by atoms with E-state index in [9.17, 15) is 15.0 Å². The molecule has 14 heavy (non-hydrogen) atoms. The number of hydrogen-bond donors (Lipinski definition) is 2. The first-order valence-corrected chi connectivity index (χ1v) is 4.85. The zero-order chi connectivity index (χ0) is 9.97. The molecule has 3 rings (SSSR count). The van der Waals surface area contributed by atoms with E-state index in [1.54, 1.807) is 0 Å². The molecule has 2 fully saturated rings. The monoisotopic (exact) mass is 196 g/mol. The Kier molecular flexibility index (Phi) is 1.39. The smallest absolute Gasteiger partial charge is 0.158 e. The second kappa shape index (κ2) is 2.27. The lowest BCUT2D eigenvalue weighted by molar-refractivity contribution is -0.158. The van der Waals surface area contributed by atoms with Crippen LogP contribution in [-0.4, -0.2) is 39.4 Å². The lowest BCUT2D eigenvalue weighted by atomic mass is 9.67. The van der Waals surface area contributed by atoms with Gasteiger partial charge in [-0.15, -0.1) is 0 Å². The largest absolute Gasteiger partial charge is 0.386 e. The molecule has 0 unspecified atom stereocenters. The number of fused-ring (bicyclic) bond motifs is 2. The first kappa shape index (κ1) is 8.59. The van der Waals surface area contributed by atoms with Gasteiger partial charge in [0.2, 0.25) is 0 Å². The van der Waals surface area contributed by atoms with Crippen molar-refractivity contribution in [2.45, 2.75) is 42.7 Å². The van der Waals surface area contributed by atoms with Gasteiger partial charge >= 0.3 is 0 Å². The summed E-state index contributed by atoms with van der Waals surface area (Å²) in [5.74, 6) is -0.128. The predicted octanol–water partition coefficient (Wildman–Crippen LogP) is -0.461. The Bertz CT molecular complexity index is 337. The summed E-state index contributed by atoms with van der Waals surface area (Å²) in [5, 5.41) is 20.4. The third kappa shape index (κ3) is 0.960. The average molecular weight is 196 g/mol. The van der Waals surface area contributed by atoms with Crippen LogP contribution in [0.25, 0.3) is 0 Å². The number of allylic oxidation sites excluding steroid dienone is 1. The highest BCUT2D eigenvalue weighted by Crippen LogP contribution is 2.50. The minimum atomic E-state index is -1.31. The van der Waals surface area contributed by atoms with Crippen LogP contribution in [0.2, 0.25) is 0 Å². The topological polar surface area (TPSA) is 70.1 Å². The third-order valence-electron chi connectivity index (χ3n) is 3.56. The molecule has 0 aromatic heterocycles. The van der Waals surface area contributed by atoms with Crippen molar-refractivity contribution in [1.29, 1.82) is 0 Å². The maximum atomic E-state index is 11.2. The van der Waals surface area contributed by atoms with E-state index in [0.29, 0.717) is 12.8 Å². The number of ketones is 1. The molecule has 4 heteroatoms.